The Hall–Kier alpha value is -2.20. The molecule has 0 saturated carbocycles. The lowest BCUT2D eigenvalue weighted by atomic mass is 10.2. The van der Waals surface area contributed by atoms with Crippen molar-refractivity contribution < 1.29 is 19.0 Å². The van der Waals surface area contributed by atoms with Crippen molar-refractivity contribution in [2.45, 2.75) is 13.8 Å². The third-order valence-electron chi connectivity index (χ3n) is 2.86. The molecule has 0 radical (unpaired) electrons. The van der Waals surface area contributed by atoms with Gasteiger partial charge in [-0.3, -0.25) is 0 Å². The number of carbonyl (C=O) groups excluding carboxylic acids is 1. The molecule has 0 saturated heterocycles. The van der Waals surface area contributed by atoms with Crippen LogP contribution in [0.25, 0.3) is 0 Å². The predicted molar refractivity (Wildman–Crippen MR) is 84.9 cm³/mol. The molecule has 0 N–H and O–H groups in total. The molecule has 0 aliphatic rings. The van der Waals surface area contributed by atoms with Crippen LogP contribution in [0.15, 0.2) is 42.5 Å². The number of ether oxygens (including phenoxy) is 3. The molecule has 0 bridgehead atoms. The summed E-state index contributed by atoms with van der Waals surface area (Å²) in [5.74, 6) is 1.01. The van der Waals surface area contributed by atoms with E-state index in [9.17, 15) is 4.79 Å². The molecular weight excluding hydrogens is 304 g/mol. The Bertz CT molecular complexity index is 655. The quantitative estimate of drug-likeness (QED) is 0.595. The van der Waals surface area contributed by atoms with Crippen LogP contribution in [0, 0.1) is 6.92 Å². The molecule has 2 aromatic rings. The minimum atomic E-state index is -0.499. The van der Waals surface area contributed by atoms with Crippen molar-refractivity contribution in [1.82, 2.24) is 0 Å². The van der Waals surface area contributed by atoms with Gasteiger partial charge in [-0.15, -0.1) is 0 Å². The first kappa shape index (κ1) is 16.2. The summed E-state index contributed by atoms with van der Waals surface area (Å²) in [4.78, 5) is 11.9. The number of esters is 1. The minimum Gasteiger partial charge on any atom is -0.490 e. The lowest BCUT2D eigenvalue weighted by molar-refractivity contribution is -0.136. The first-order valence-electron chi connectivity index (χ1n) is 6.91. The molecule has 2 aromatic carbocycles. The predicted octanol–water partition coefficient (Wildman–Crippen LogP) is 4.03. The molecule has 0 aliphatic carbocycles. The smallest absolute Gasteiger partial charge is 0.349 e. The highest BCUT2D eigenvalue weighted by Crippen LogP contribution is 2.26. The Morgan fingerprint density at radius 2 is 1.77 bits per heavy atom. The number of hydrogen-bond acceptors (Lipinski definition) is 4. The Kier molecular flexibility index (Phi) is 5.67. The maximum atomic E-state index is 11.9. The summed E-state index contributed by atoms with van der Waals surface area (Å²) in [6.07, 6.45) is 0. The zero-order valence-electron chi connectivity index (χ0n) is 12.5. The molecule has 0 aliphatic heterocycles. The molecule has 0 unspecified atom stereocenters. The van der Waals surface area contributed by atoms with Crippen molar-refractivity contribution >= 4 is 17.6 Å². The van der Waals surface area contributed by atoms with Gasteiger partial charge in [0.2, 0.25) is 0 Å². The topological polar surface area (TPSA) is 44.8 Å². The van der Waals surface area contributed by atoms with E-state index in [0.29, 0.717) is 28.9 Å². The fraction of sp³-hybridized carbons (Fsp3) is 0.235. The van der Waals surface area contributed by atoms with Gasteiger partial charge in [0, 0.05) is 5.02 Å². The van der Waals surface area contributed by atoms with Crippen LogP contribution in [0.3, 0.4) is 0 Å². The van der Waals surface area contributed by atoms with Crippen LogP contribution >= 0.6 is 11.6 Å². The van der Waals surface area contributed by atoms with E-state index in [4.69, 9.17) is 25.8 Å². The molecule has 0 fully saturated rings. The molecule has 0 aromatic heterocycles. The number of halogens is 1. The zero-order chi connectivity index (χ0) is 15.9. The monoisotopic (exact) mass is 320 g/mol. The van der Waals surface area contributed by atoms with E-state index < -0.39 is 5.97 Å². The van der Waals surface area contributed by atoms with Gasteiger partial charge in [-0.1, -0.05) is 23.7 Å². The molecule has 22 heavy (non-hydrogen) atoms. The van der Waals surface area contributed by atoms with E-state index in [2.05, 4.69) is 0 Å². The molecule has 5 heteroatoms. The van der Waals surface area contributed by atoms with E-state index in [1.54, 1.807) is 36.4 Å². The molecular formula is C17H17ClO4. The van der Waals surface area contributed by atoms with E-state index in [0.717, 1.165) is 5.56 Å². The second-order valence-corrected chi connectivity index (χ2v) is 4.99. The van der Waals surface area contributed by atoms with Gasteiger partial charge < -0.3 is 14.2 Å². The second-order valence-electron chi connectivity index (χ2n) is 4.55. The number of hydrogen-bond donors (Lipinski definition) is 0. The van der Waals surface area contributed by atoms with Crippen LogP contribution in [0.2, 0.25) is 5.02 Å². The normalized spacial score (nSPS) is 10.1. The molecule has 0 atom stereocenters. The average Bonchev–Trinajstić information content (AvgIpc) is 2.48. The first-order chi connectivity index (χ1) is 10.6. The van der Waals surface area contributed by atoms with Gasteiger partial charge in [0.25, 0.3) is 0 Å². The van der Waals surface area contributed by atoms with Crippen molar-refractivity contribution in [3.05, 3.63) is 53.1 Å². The number of aryl methyl sites for hydroxylation is 1. The summed E-state index contributed by atoms with van der Waals surface area (Å²) in [6.45, 7) is 4.03. The summed E-state index contributed by atoms with van der Waals surface area (Å²) in [6, 6.07) is 12.2. The van der Waals surface area contributed by atoms with Crippen molar-refractivity contribution in [3.63, 3.8) is 0 Å². The Morgan fingerprint density at radius 1 is 1.05 bits per heavy atom. The van der Waals surface area contributed by atoms with E-state index in [1.165, 1.54) is 0 Å². The van der Waals surface area contributed by atoms with E-state index in [1.807, 2.05) is 19.9 Å². The average molecular weight is 321 g/mol. The van der Waals surface area contributed by atoms with Crippen LogP contribution in [-0.2, 0) is 4.79 Å². The van der Waals surface area contributed by atoms with Gasteiger partial charge in [0.1, 0.15) is 5.75 Å². The lowest BCUT2D eigenvalue weighted by Gasteiger charge is -2.11. The highest BCUT2D eigenvalue weighted by atomic mass is 35.5. The third-order valence-corrected chi connectivity index (χ3v) is 3.09. The maximum Gasteiger partial charge on any atom is 0.349 e. The van der Waals surface area contributed by atoms with Crippen molar-refractivity contribution in [2.75, 3.05) is 13.2 Å². The Morgan fingerprint density at radius 3 is 2.45 bits per heavy atom. The van der Waals surface area contributed by atoms with E-state index >= 15 is 0 Å². The molecule has 4 nitrogen and oxygen atoms in total. The number of benzene rings is 2. The van der Waals surface area contributed by atoms with Gasteiger partial charge in [0.15, 0.2) is 18.1 Å². The fourth-order valence-electron chi connectivity index (χ4n) is 1.87. The second kappa shape index (κ2) is 7.71. The zero-order valence-corrected chi connectivity index (χ0v) is 13.2. The molecule has 2 rings (SSSR count). The van der Waals surface area contributed by atoms with Crippen LogP contribution in [-0.4, -0.2) is 19.2 Å². The third kappa shape index (κ3) is 4.40. The fourth-order valence-corrected chi connectivity index (χ4v) is 2.10. The van der Waals surface area contributed by atoms with Crippen LogP contribution in [0.4, 0.5) is 0 Å². The summed E-state index contributed by atoms with van der Waals surface area (Å²) < 4.78 is 16.1. The highest BCUT2D eigenvalue weighted by Gasteiger charge is 2.11. The largest absolute Gasteiger partial charge is 0.490 e. The lowest BCUT2D eigenvalue weighted by Crippen LogP contribution is -2.18. The van der Waals surface area contributed by atoms with Gasteiger partial charge in [-0.25, -0.2) is 4.79 Å². The number of carbonyl (C=O) groups is 1. The molecule has 116 valence electrons. The minimum absolute atomic E-state index is 0.192. The Labute approximate surface area is 134 Å². The number of para-hydroxylation sites is 2. The van der Waals surface area contributed by atoms with E-state index in [-0.39, 0.29) is 6.61 Å². The van der Waals surface area contributed by atoms with Gasteiger partial charge in [-0.2, -0.15) is 0 Å². The Balaban J connectivity index is 1.96. The van der Waals surface area contributed by atoms with Crippen molar-refractivity contribution in [3.8, 4) is 17.2 Å². The standard InChI is InChI=1S/C17H17ClO4/c1-3-20-15-6-4-5-7-16(15)22-17(19)11-21-14-9-8-13(18)10-12(14)2/h4-10H,3,11H2,1-2H3. The number of rotatable bonds is 6. The maximum absolute atomic E-state index is 11.9. The van der Waals surface area contributed by atoms with Gasteiger partial charge >= 0.3 is 5.97 Å². The van der Waals surface area contributed by atoms with Crippen LogP contribution in [0.1, 0.15) is 12.5 Å². The van der Waals surface area contributed by atoms with Gasteiger partial charge in [-0.05, 0) is 49.7 Å². The molecule has 0 amide bonds. The summed E-state index contributed by atoms with van der Waals surface area (Å²) in [7, 11) is 0. The van der Waals surface area contributed by atoms with Gasteiger partial charge in [0.05, 0.1) is 6.61 Å². The van der Waals surface area contributed by atoms with Crippen LogP contribution in [0.5, 0.6) is 17.2 Å². The van der Waals surface area contributed by atoms with Crippen molar-refractivity contribution in [2.24, 2.45) is 0 Å². The summed E-state index contributed by atoms with van der Waals surface area (Å²) >= 11 is 5.87. The molecule has 0 heterocycles. The highest BCUT2D eigenvalue weighted by molar-refractivity contribution is 6.30. The SMILES string of the molecule is CCOc1ccccc1OC(=O)COc1ccc(Cl)cc1C. The molecule has 0 spiro atoms. The van der Waals surface area contributed by atoms with Crippen LogP contribution < -0.4 is 14.2 Å². The summed E-state index contributed by atoms with van der Waals surface area (Å²) in [5, 5.41) is 0.623. The first-order valence-corrected chi connectivity index (χ1v) is 7.29. The summed E-state index contributed by atoms with van der Waals surface area (Å²) in [5.41, 5.74) is 0.856. The van der Waals surface area contributed by atoms with Crippen molar-refractivity contribution in [1.29, 1.82) is 0 Å².